The first-order valence-electron chi connectivity index (χ1n) is 3.87. The molecule has 0 saturated carbocycles. The summed E-state index contributed by atoms with van der Waals surface area (Å²) in [7, 11) is 0. The molecule has 1 aliphatic rings. The summed E-state index contributed by atoms with van der Waals surface area (Å²) < 4.78 is 5.30. The third-order valence-electron chi connectivity index (χ3n) is 2.19. The quantitative estimate of drug-likeness (QED) is 0.707. The van der Waals surface area contributed by atoms with Crippen LogP contribution in [0, 0.1) is 0 Å². The molecule has 0 amide bonds. The second-order valence-electron chi connectivity index (χ2n) is 2.99. The Hall–Kier alpha value is -0.570. The molecule has 12 heavy (non-hydrogen) atoms. The Morgan fingerprint density at radius 2 is 2.00 bits per heavy atom. The Morgan fingerprint density at radius 3 is 2.42 bits per heavy atom. The van der Waals surface area contributed by atoms with Gasteiger partial charge in [0.25, 0.3) is 0 Å². The number of rotatable bonds is 2. The van der Waals surface area contributed by atoms with Gasteiger partial charge in [-0.05, 0) is 17.7 Å². The van der Waals surface area contributed by atoms with Crippen molar-refractivity contribution in [2.24, 2.45) is 5.73 Å². The average molecular weight is 184 g/mol. The SMILES string of the molecule is NC[C@@]1(c2ccc(Cl)cc2)CO1. The molecule has 1 fully saturated rings. The summed E-state index contributed by atoms with van der Waals surface area (Å²) in [5.41, 5.74) is 6.50. The smallest absolute Gasteiger partial charge is 0.129 e. The predicted molar refractivity (Wildman–Crippen MR) is 48.1 cm³/mol. The maximum absolute atomic E-state index is 5.75. The lowest BCUT2D eigenvalue weighted by molar-refractivity contribution is 0.315. The molecule has 0 spiro atoms. The topological polar surface area (TPSA) is 38.5 Å². The van der Waals surface area contributed by atoms with Crippen molar-refractivity contribution in [1.29, 1.82) is 0 Å². The van der Waals surface area contributed by atoms with E-state index in [1.165, 1.54) is 0 Å². The zero-order valence-corrected chi connectivity index (χ0v) is 7.34. The zero-order valence-electron chi connectivity index (χ0n) is 6.59. The standard InChI is InChI=1S/C9H10ClNO/c10-8-3-1-7(2-4-8)9(5-11)6-12-9/h1-4H,5-6,11H2/t9-/m0/s1. The highest BCUT2D eigenvalue weighted by atomic mass is 35.5. The number of hydrogen-bond donors (Lipinski definition) is 1. The van der Waals surface area contributed by atoms with Gasteiger partial charge in [-0.1, -0.05) is 23.7 Å². The third-order valence-corrected chi connectivity index (χ3v) is 2.44. The van der Waals surface area contributed by atoms with Crippen molar-refractivity contribution in [3.63, 3.8) is 0 Å². The number of hydrogen-bond acceptors (Lipinski definition) is 2. The molecule has 1 aromatic rings. The van der Waals surface area contributed by atoms with E-state index < -0.39 is 0 Å². The maximum Gasteiger partial charge on any atom is 0.129 e. The van der Waals surface area contributed by atoms with Crippen molar-refractivity contribution in [3.8, 4) is 0 Å². The Balaban J connectivity index is 2.29. The molecular formula is C9H10ClNO. The summed E-state index contributed by atoms with van der Waals surface area (Å²) in [6.07, 6.45) is 0. The first kappa shape index (κ1) is 8.05. The Morgan fingerprint density at radius 1 is 1.42 bits per heavy atom. The highest BCUT2D eigenvalue weighted by Gasteiger charge is 2.44. The highest BCUT2D eigenvalue weighted by molar-refractivity contribution is 6.30. The van der Waals surface area contributed by atoms with Gasteiger partial charge in [0.05, 0.1) is 6.61 Å². The van der Waals surface area contributed by atoms with Crippen LogP contribution in [0.25, 0.3) is 0 Å². The van der Waals surface area contributed by atoms with E-state index in [-0.39, 0.29) is 5.60 Å². The minimum atomic E-state index is -0.204. The van der Waals surface area contributed by atoms with E-state index in [0.29, 0.717) is 6.54 Å². The molecule has 0 aliphatic carbocycles. The molecule has 0 aromatic heterocycles. The number of halogens is 1. The van der Waals surface area contributed by atoms with E-state index >= 15 is 0 Å². The van der Waals surface area contributed by atoms with Crippen molar-refractivity contribution < 1.29 is 4.74 Å². The van der Waals surface area contributed by atoms with Crippen LogP contribution in [0.2, 0.25) is 5.02 Å². The van der Waals surface area contributed by atoms with Crippen molar-refractivity contribution in [3.05, 3.63) is 34.9 Å². The molecule has 2 rings (SSSR count). The predicted octanol–water partition coefficient (Wildman–Crippen LogP) is 1.52. The van der Waals surface area contributed by atoms with Gasteiger partial charge in [-0.2, -0.15) is 0 Å². The van der Waals surface area contributed by atoms with Crippen LogP contribution in [-0.2, 0) is 10.3 Å². The summed E-state index contributed by atoms with van der Waals surface area (Å²) in [4.78, 5) is 0. The third kappa shape index (κ3) is 1.22. The monoisotopic (exact) mass is 183 g/mol. The lowest BCUT2D eigenvalue weighted by Crippen LogP contribution is -2.21. The van der Waals surface area contributed by atoms with Crippen molar-refractivity contribution in [2.45, 2.75) is 5.60 Å². The van der Waals surface area contributed by atoms with Gasteiger partial charge in [0.1, 0.15) is 5.60 Å². The van der Waals surface area contributed by atoms with Gasteiger partial charge < -0.3 is 10.5 Å². The van der Waals surface area contributed by atoms with Crippen molar-refractivity contribution in [2.75, 3.05) is 13.2 Å². The van der Waals surface area contributed by atoms with Gasteiger partial charge in [0, 0.05) is 11.6 Å². The molecule has 1 aromatic carbocycles. The van der Waals surface area contributed by atoms with Gasteiger partial charge in [0.15, 0.2) is 0 Å². The maximum atomic E-state index is 5.75. The van der Waals surface area contributed by atoms with Crippen LogP contribution < -0.4 is 5.73 Å². The fraction of sp³-hybridized carbons (Fsp3) is 0.333. The Bertz CT molecular complexity index is 279. The zero-order chi connectivity index (χ0) is 8.60. The largest absolute Gasteiger partial charge is 0.363 e. The normalized spacial score (nSPS) is 27.2. The van der Waals surface area contributed by atoms with Gasteiger partial charge in [-0.3, -0.25) is 0 Å². The minimum absolute atomic E-state index is 0.204. The van der Waals surface area contributed by atoms with Crippen LogP contribution in [0.5, 0.6) is 0 Å². The summed E-state index contributed by atoms with van der Waals surface area (Å²) in [5, 5.41) is 0.742. The van der Waals surface area contributed by atoms with Crippen LogP contribution in [-0.4, -0.2) is 13.2 Å². The summed E-state index contributed by atoms with van der Waals surface area (Å²) in [5.74, 6) is 0. The van der Waals surface area contributed by atoms with E-state index in [2.05, 4.69) is 0 Å². The molecule has 1 atom stereocenters. The molecule has 1 aliphatic heterocycles. The Kier molecular flexibility index (Phi) is 1.83. The molecule has 3 heteroatoms. The van der Waals surface area contributed by atoms with E-state index in [9.17, 15) is 0 Å². The van der Waals surface area contributed by atoms with Gasteiger partial charge in [0.2, 0.25) is 0 Å². The molecule has 0 radical (unpaired) electrons. The first-order chi connectivity index (χ1) is 5.77. The molecule has 1 saturated heterocycles. The van der Waals surface area contributed by atoms with E-state index in [0.717, 1.165) is 17.2 Å². The fourth-order valence-electron chi connectivity index (χ4n) is 1.24. The molecular weight excluding hydrogens is 174 g/mol. The molecule has 0 bridgehead atoms. The summed E-state index contributed by atoms with van der Waals surface area (Å²) in [6.45, 7) is 1.26. The molecule has 0 unspecified atom stereocenters. The van der Waals surface area contributed by atoms with Crippen molar-refractivity contribution in [1.82, 2.24) is 0 Å². The van der Waals surface area contributed by atoms with Gasteiger partial charge in [-0.15, -0.1) is 0 Å². The number of ether oxygens (including phenoxy) is 1. The Labute approximate surface area is 76.3 Å². The van der Waals surface area contributed by atoms with Crippen LogP contribution >= 0.6 is 11.6 Å². The lowest BCUT2D eigenvalue weighted by Gasteiger charge is -2.08. The number of epoxide rings is 1. The molecule has 2 nitrogen and oxygen atoms in total. The number of benzene rings is 1. The minimum Gasteiger partial charge on any atom is -0.363 e. The van der Waals surface area contributed by atoms with Gasteiger partial charge in [-0.25, -0.2) is 0 Å². The van der Waals surface area contributed by atoms with Gasteiger partial charge >= 0.3 is 0 Å². The van der Waals surface area contributed by atoms with E-state index in [1.807, 2.05) is 24.3 Å². The van der Waals surface area contributed by atoms with Crippen LogP contribution in [0.4, 0.5) is 0 Å². The van der Waals surface area contributed by atoms with Crippen molar-refractivity contribution >= 4 is 11.6 Å². The summed E-state index contributed by atoms with van der Waals surface area (Å²) in [6, 6.07) is 7.64. The molecule has 64 valence electrons. The number of nitrogens with two attached hydrogens (primary N) is 1. The first-order valence-corrected chi connectivity index (χ1v) is 4.25. The summed E-state index contributed by atoms with van der Waals surface area (Å²) >= 11 is 5.75. The molecule has 1 heterocycles. The second kappa shape index (κ2) is 2.73. The second-order valence-corrected chi connectivity index (χ2v) is 3.43. The molecule has 2 N–H and O–H groups in total. The highest BCUT2D eigenvalue weighted by Crippen LogP contribution is 2.37. The fourth-order valence-corrected chi connectivity index (χ4v) is 1.37. The van der Waals surface area contributed by atoms with E-state index in [1.54, 1.807) is 0 Å². The lowest BCUT2D eigenvalue weighted by atomic mass is 10.0. The average Bonchev–Trinajstić information content (AvgIpc) is 2.86. The van der Waals surface area contributed by atoms with E-state index in [4.69, 9.17) is 22.1 Å². The van der Waals surface area contributed by atoms with Crippen LogP contribution in [0.1, 0.15) is 5.56 Å². The van der Waals surface area contributed by atoms with Crippen LogP contribution in [0.3, 0.4) is 0 Å². The van der Waals surface area contributed by atoms with Crippen LogP contribution in [0.15, 0.2) is 24.3 Å².